The zero-order valence-corrected chi connectivity index (χ0v) is 8.73. The Morgan fingerprint density at radius 2 is 1.81 bits per heavy atom. The molecule has 0 aliphatic rings. The van der Waals surface area contributed by atoms with Crippen LogP contribution in [0.1, 0.15) is 21.5 Å². The molecule has 0 unspecified atom stereocenters. The van der Waals surface area contributed by atoms with Gasteiger partial charge in [-0.1, -0.05) is 18.2 Å². The summed E-state index contributed by atoms with van der Waals surface area (Å²) in [4.78, 5) is 11.3. The molecule has 0 aromatic heterocycles. The number of carbonyl (C=O) groups is 1. The fourth-order valence-corrected chi connectivity index (χ4v) is 1.28. The van der Waals surface area contributed by atoms with E-state index in [1.54, 1.807) is 13.0 Å². The summed E-state index contributed by atoms with van der Waals surface area (Å²) in [6.07, 6.45) is -3.99. The predicted octanol–water partition coefficient (Wildman–Crippen LogP) is 3.39. The summed E-state index contributed by atoms with van der Waals surface area (Å²) in [5, 5.41) is 0. The van der Waals surface area contributed by atoms with E-state index in [1.165, 1.54) is 13.0 Å². The fraction of sp³-hybridized carbons (Fsp3) is 0.364. The van der Waals surface area contributed by atoms with Crippen molar-refractivity contribution in [3.8, 4) is 0 Å². The summed E-state index contributed by atoms with van der Waals surface area (Å²) >= 11 is 0. The zero-order chi connectivity index (χ0) is 12.5. The van der Waals surface area contributed by atoms with Crippen molar-refractivity contribution in [3.63, 3.8) is 0 Å². The molecule has 0 spiro atoms. The Kier molecular flexibility index (Phi) is 3.35. The van der Waals surface area contributed by atoms with E-state index in [1.807, 2.05) is 0 Å². The SMILES string of the molecule is Cc1cccc(C(=O)C(F)(F)C(F)F)c1C. The normalized spacial score (nSPS) is 11.9. The van der Waals surface area contributed by atoms with Gasteiger partial charge in [0.2, 0.25) is 5.78 Å². The van der Waals surface area contributed by atoms with Crippen LogP contribution in [0, 0.1) is 13.8 Å². The third-order valence-corrected chi connectivity index (χ3v) is 2.43. The van der Waals surface area contributed by atoms with E-state index in [0.717, 1.165) is 6.07 Å². The number of hydrogen-bond donors (Lipinski definition) is 0. The molecular weight excluding hydrogens is 224 g/mol. The van der Waals surface area contributed by atoms with E-state index in [9.17, 15) is 22.4 Å². The summed E-state index contributed by atoms with van der Waals surface area (Å²) in [6.45, 7) is 3.07. The van der Waals surface area contributed by atoms with Gasteiger partial charge in [0.15, 0.2) is 0 Å². The maximum absolute atomic E-state index is 12.8. The Bertz CT molecular complexity index is 412. The first kappa shape index (κ1) is 12.7. The van der Waals surface area contributed by atoms with Crippen molar-refractivity contribution < 1.29 is 22.4 Å². The number of hydrogen-bond acceptors (Lipinski definition) is 1. The van der Waals surface area contributed by atoms with E-state index in [0.29, 0.717) is 11.1 Å². The lowest BCUT2D eigenvalue weighted by atomic mass is 9.97. The molecule has 0 aliphatic carbocycles. The largest absolute Gasteiger partial charge is 0.368 e. The molecule has 0 atom stereocenters. The highest BCUT2D eigenvalue weighted by molar-refractivity contribution is 6.03. The molecule has 1 aromatic carbocycles. The zero-order valence-electron chi connectivity index (χ0n) is 8.73. The van der Waals surface area contributed by atoms with Crippen molar-refractivity contribution in [2.75, 3.05) is 0 Å². The number of aryl methyl sites for hydroxylation is 1. The van der Waals surface area contributed by atoms with Gasteiger partial charge in [0.05, 0.1) is 0 Å². The van der Waals surface area contributed by atoms with Crippen LogP contribution in [0.2, 0.25) is 0 Å². The van der Waals surface area contributed by atoms with Crippen LogP contribution < -0.4 is 0 Å². The summed E-state index contributed by atoms with van der Waals surface area (Å²) < 4.78 is 49.7. The molecule has 0 N–H and O–H groups in total. The molecular formula is C11H10F4O. The van der Waals surface area contributed by atoms with E-state index in [4.69, 9.17) is 0 Å². The van der Waals surface area contributed by atoms with Gasteiger partial charge in [0.1, 0.15) is 0 Å². The van der Waals surface area contributed by atoms with Crippen LogP contribution in [0.15, 0.2) is 18.2 Å². The lowest BCUT2D eigenvalue weighted by Gasteiger charge is -2.15. The topological polar surface area (TPSA) is 17.1 Å². The Hall–Kier alpha value is -1.39. The molecule has 1 rings (SSSR count). The van der Waals surface area contributed by atoms with E-state index in [2.05, 4.69) is 0 Å². The van der Waals surface area contributed by atoms with E-state index in [-0.39, 0.29) is 5.56 Å². The average molecular weight is 234 g/mol. The quantitative estimate of drug-likeness (QED) is 0.578. The van der Waals surface area contributed by atoms with Gasteiger partial charge in [-0.15, -0.1) is 0 Å². The molecule has 0 amide bonds. The summed E-state index contributed by atoms with van der Waals surface area (Å²) in [6, 6.07) is 4.13. The van der Waals surface area contributed by atoms with Gasteiger partial charge in [-0.3, -0.25) is 4.79 Å². The maximum Gasteiger partial charge on any atom is 0.368 e. The lowest BCUT2D eigenvalue weighted by Crippen LogP contribution is -2.37. The van der Waals surface area contributed by atoms with Crippen LogP contribution in [-0.4, -0.2) is 18.1 Å². The van der Waals surface area contributed by atoms with Gasteiger partial charge < -0.3 is 0 Å². The second-order valence-electron chi connectivity index (χ2n) is 3.50. The molecule has 1 nitrogen and oxygen atoms in total. The molecule has 16 heavy (non-hydrogen) atoms. The van der Waals surface area contributed by atoms with Crippen LogP contribution in [0.25, 0.3) is 0 Å². The first-order chi connectivity index (χ1) is 7.28. The van der Waals surface area contributed by atoms with Crippen molar-refractivity contribution >= 4 is 5.78 Å². The second-order valence-corrected chi connectivity index (χ2v) is 3.50. The number of carbonyl (C=O) groups excluding carboxylic acids is 1. The van der Waals surface area contributed by atoms with Crippen LogP contribution in [0.4, 0.5) is 17.6 Å². The van der Waals surface area contributed by atoms with Gasteiger partial charge in [-0.25, -0.2) is 8.78 Å². The average Bonchev–Trinajstić information content (AvgIpc) is 2.21. The minimum Gasteiger partial charge on any atom is -0.287 e. The molecule has 0 saturated carbocycles. The molecule has 0 aliphatic heterocycles. The van der Waals surface area contributed by atoms with Gasteiger partial charge in [-0.2, -0.15) is 8.78 Å². The number of benzene rings is 1. The summed E-state index contributed by atoms with van der Waals surface area (Å²) in [5.41, 5.74) is 0.550. The molecule has 1 aromatic rings. The Morgan fingerprint density at radius 1 is 1.25 bits per heavy atom. The maximum atomic E-state index is 12.8. The molecule has 0 radical (unpaired) electrons. The van der Waals surface area contributed by atoms with Gasteiger partial charge >= 0.3 is 12.3 Å². The first-order valence-corrected chi connectivity index (χ1v) is 4.55. The Morgan fingerprint density at radius 3 is 2.31 bits per heavy atom. The number of halogens is 4. The number of Topliss-reactive ketones (excluding diaryl/α,β-unsaturated/α-hetero) is 1. The van der Waals surface area contributed by atoms with Gasteiger partial charge in [0.25, 0.3) is 0 Å². The fourth-order valence-electron chi connectivity index (χ4n) is 1.28. The van der Waals surface area contributed by atoms with Crippen molar-refractivity contribution in [1.29, 1.82) is 0 Å². The van der Waals surface area contributed by atoms with E-state index < -0.39 is 18.1 Å². The van der Waals surface area contributed by atoms with Crippen LogP contribution in [0.3, 0.4) is 0 Å². The molecule has 0 bridgehead atoms. The molecule has 5 heteroatoms. The number of ketones is 1. The summed E-state index contributed by atoms with van der Waals surface area (Å²) in [7, 11) is 0. The summed E-state index contributed by atoms with van der Waals surface area (Å²) in [5.74, 6) is -6.46. The number of alkyl halides is 4. The predicted molar refractivity (Wildman–Crippen MR) is 51.2 cm³/mol. The van der Waals surface area contributed by atoms with Crippen molar-refractivity contribution in [2.24, 2.45) is 0 Å². The van der Waals surface area contributed by atoms with Crippen molar-refractivity contribution in [3.05, 3.63) is 34.9 Å². The van der Waals surface area contributed by atoms with Crippen LogP contribution >= 0.6 is 0 Å². The van der Waals surface area contributed by atoms with E-state index >= 15 is 0 Å². The standard InChI is InChI=1S/C11H10F4O/c1-6-4-3-5-8(7(6)2)9(16)11(14,15)10(12)13/h3-5,10H,1-2H3. The second kappa shape index (κ2) is 4.23. The molecule has 0 heterocycles. The molecule has 88 valence electrons. The Balaban J connectivity index is 3.21. The van der Waals surface area contributed by atoms with Crippen molar-refractivity contribution in [1.82, 2.24) is 0 Å². The number of rotatable bonds is 3. The molecule has 0 saturated heterocycles. The highest BCUT2D eigenvalue weighted by Gasteiger charge is 2.49. The molecule has 0 fully saturated rings. The third-order valence-electron chi connectivity index (χ3n) is 2.43. The first-order valence-electron chi connectivity index (χ1n) is 4.55. The monoisotopic (exact) mass is 234 g/mol. The van der Waals surface area contributed by atoms with Crippen LogP contribution in [0.5, 0.6) is 0 Å². The Labute approximate surface area is 90.1 Å². The minimum atomic E-state index is -4.63. The van der Waals surface area contributed by atoms with Crippen molar-refractivity contribution in [2.45, 2.75) is 26.2 Å². The third kappa shape index (κ3) is 2.08. The minimum absolute atomic E-state index is 0.299. The highest BCUT2D eigenvalue weighted by atomic mass is 19.3. The highest BCUT2D eigenvalue weighted by Crippen LogP contribution is 2.29. The smallest absolute Gasteiger partial charge is 0.287 e. The van der Waals surface area contributed by atoms with Gasteiger partial charge in [-0.05, 0) is 25.0 Å². The van der Waals surface area contributed by atoms with Crippen LogP contribution in [-0.2, 0) is 0 Å². The lowest BCUT2D eigenvalue weighted by molar-refractivity contribution is -0.0958. The van der Waals surface area contributed by atoms with Gasteiger partial charge in [0, 0.05) is 5.56 Å².